The van der Waals surface area contributed by atoms with Gasteiger partial charge in [-0.2, -0.15) is 11.8 Å². The van der Waals surface area contributed by atoms with Crippen LogP contribution in [0.1, 0.15) is 19.8 Å². The van der Waals surface area contributed by atoms with Gasteiger partial charge < -0.3 is 10.1 Å². The van der Waals surface area contributed by atoms with E-state index in [-0.39, 0.29) is 0 Å². The van der Waals surface area contributed by atoms with Crippen LogP contribution in [0.5, 0.6) is 0 Å². The Morgan fingerprint density at radius 3 is 3.21 bits per heavy atom. The fourth-order valence-corrected chi connectivity index (χ4v) is 2.28. The molecule has 3 heteroatoms. The topological polar surface area (TPSA) is 21.3 Å². The van der Waals surface area contributed by atoms with E-state index in [1.54, 1.807) is 0 Å². The largest absolute Gasteiger partial charge is 0.378 e. The number of hydrogen-bond donors (Lipinski definition) is 1. The number of ether oxygens (including phenoxy) is 1. The van der Waals surface area contributed by atoms with Crippen molar-refractivity contribution in [1.82, 2.24) is 5.32 Å². The second kappa shape index (κ2) is 7.32. The molecule has 0 bridgehead atoms. The van der Waals surface area contributed by atoms with Gasteiger partial charge in [0.2, 0.25) is 0 Å². The number of hydrogen-bond acceptors (Lipinski definition) is 3. The Labute approximate surface area is 91.5 Å². The molecular formula is C11H21NOS. The molecule has 1 heterocycles. The van der Waals surface area contributed by atoms with Gasteiger partial charge in [-0.05, 0) is 19.8 Å². The zero-order valence-electron chi connectivity index (χ0n) is 9.00. The predicted octanol–water partition coefficient (Wildman–Crippen LogP) is 2.06. The van der Waals surface area contributed by atoms with Crippen LogP contribution >= 0.6 is 11.8 Å². The highest BCUT2D eigenvalue weighted by molar-refractivity contribution is 7.99. The summed E-state index contributed by atoms with van der Waals surface area (Å²) in [4.78, 5) is 0. The molecule has 2 unspecified atom stereocenters. The van der Waals surface area contributed by atoms with E-state index in [1.165, 1.54) is 5.75 Å². The van der Waals surface area contributed by atoms with Gasteiger partial charge in [0, 0.05) is 30.7 Å². The van der Waals surface area contributed by atoms with Gasteiger partial charge in [-0.3, -0.25) is 0 Å². The summed E-state index contributed by atoms with van der Waals surface area (Å²) in [5.74, 6) is 2.24. The lowest BCUT2D eigenvalue weighted by molar-refractivity contribution is 0.0138. The summed E-state index contributed by atoms with van der Waals surface area (Å²) in [5, 5.41) is 3.58. The predicted molar refractivity (Wildman–Crippen MR) is 64.0 cm³/mol. The summed E-state index contributed by atoms with van der Waals surface area (Å²) in [6, 6.07) is 0.670. The average Bonchev–Trinajstić information content (AvgIpc) is 2.18. The third-order valence-electron chi connectivity index (χ3n) is 2.40. The molecule has 0 spiro atoms. The SMILES string of the molecule is C=CCSCCNC1CCOC(C)C1. The first-order valence-corrected chi connectivity index (χ1v) is 6.52. The average molecular weight is 215 g/mol. The molecule has 14 heavy (non-hydrogen) atoms. The Hall–Kier alpha value is 0.01000. The monoisotopic (exact) mass is 215 g/mol. The van der Waals surface area contributed by atoms with Crippen molar-refractivity contribution in [3.63, 3.8) is 0 Å². The zero-order valence-corrected chi connectivity index (χ0v) is 9.81. The van der Waals surface area contributed by atoms with Crippen molar-refractivity contribution in [1.29, 1.82) is 0 Å². The molecule has 1 aliphatic heterocycles. The molecule has 2 atom stereocenters. The van der Waals surface area contributed by atoms with Crippen molar-refractivity contribution in [3.05, 3.63) is 12.7 Å². The minimum atomic E-state index is 0.432. The third-order valence-corrected chi connectivity index (χ3v) is 3.36. The van der Waals surface area contributed by atoms with Gasteiger partial charge in [-0.15, -0.1) is 6.58 Å². The van der Waals surface area contributed by atoms with Crippen molar-refractivity contribution in [2.45, 2.75) is 31.9 Å². The van der Waals surface area contributed by atoms with Crippen LogP contribution in [0.4, 0.5) is 0 Å². The van der Waals surface area contributed by atoms with Gasteiger partial charge in [0.05, 0.1) is 6.10 Å². The molecular weight excluding hydrogens is 194 g/mol. The van der Waals surface area contributed by atoms with Gasteiger partial charge in [-0.25, -0.2) is 0 Å². The molecule has 82 valence electrons. The van der Waals surface area contributed by atoms with E-state index >= 15 is 0 Å². The van der Waals surface area contributed by atoms with Crippen molar-refractivity contribution < 1.29 is 4.74 Å². The van der Waals surface area contributed by atoms with Crippen LogP contribution in [0.3, 0.4) is 0 Å². The van der Waals surface area contributed by atoms with Crippen LogP contribution in [0, 0.1) is 0 Å². The van der Waals surface area contributed by atoms with Crippen molar-refractivity contribution in [2.24, 2.45) is 0 Å². The number of rotatable bonds is 6. The second-order valence-corrected chi connectivity index (χ2v) is 4.87. The quantitative estimate of drug-likeness (QED) is 0.541. The molecule has 0 saturated carbocycles. The Morgan fingerprint density at radius 2 is 2.50 bits per heavy atom. The second-order valence-electron chi connectivity index (χ2n) is 3.72. The maximum atomic E-state index is 5.49. The van der Waals surface area contributed by atoms with E-state index in [1.807, 2.05) is 17.8 Å². The maximum absolute atomic E-state index is 5.49. The highest BCUT2D eigenvalue weighted by atomic mass is 32.2. The van der Waals surface area contributed by atoms with Crippen LogP contribution in [0.15, 0.2) is 12.7 Å². The molecule has 1 aliphatic rings. The van der Waals surface area contributed by atoms with E-state index in [4.69, 9.17) is 4.74 Å². The van der Waals surface area contributed by atoms with E-state index in [9.17, 15) is 0 Å². The fraction of sp³-hybridized carbons (Fsp3) is 0.818. The van der Waals surface area contributed by atoms with Crippen molar-refractivity contribution in [3.8, 4) is 0 Å². The van der Waals surface area contributed by atoms with Gasteiger partial charge in [0.15, 0.2) is 0 Å². The highest BCUT2D eigenvalue weighted by Crippen LogP contribution is 2.12. The minimum Gasteiger partial charge on any atom is -0.378 e. The highest BCUT2D eigenvalue weighted by Gasteiger charge is 2.17. The molecule has 1 N–H and O–H groups in total. The van der Waals surface area contributed by atoms with Gasteiger partial charge in [0.25, 0.3) is 0 Å². The van der Waals surface area contributed by atoms with Crippen LogP contribution in [-0.4, -0.2) is 36.8 Å². The van der Waals surface area contributed by atoms with E-state index in [0.29, 0.717) is 12.1 Å². The molecule has 0 amide bonds. The molecule has 0 aromatic heterocycles. The van der Waals surface area contributed by atoms with Crippen LogP contribution in [0.2, 0.25) is 0 Å². The minimum absolute atomic E-state index is 0.432. The first kappa shape index (κ1) is 12.1. The first-order chi connectivity index (χ1) is 6.83. The van der Waals surface area contributed by atoms with Gasteiger partial charge >= 0.3 is 0 Å². The molecule has 0 aromatic rings. The summed E-state index contributed by atoms with van der Waals surface area (Å²) < 4.78 is 5.49. The number of nitrogens with one attached hydrogen (secondary N) is 1. The lowest BCUT2D eigenvalue weighted by Crippen LogP contribution is -2.38. The Bertz CT molecular complexity index is 163. The molecule has 2 nitrogen and oxygen atoms in total. The summed E-state index contributed by atoms with van der Waals surface area (Å²) >= 11 is 1.93. The van der Waals surface area contributed by atoms with Crippen LogP contribution < -0.4 is 5.32 Å². The zero-order chi connectivity index (χ0) is 10.2. The maximum Gasteiger partial charge on any atom is 0.0561 e. The lowest BCUT2D eigenvalue weighted by Gasteiger charge is -2.28. The van der Waals surface area contributed by atoms with Crippen LogP contribution in [-0.2, 0) is 4.74 Å². The number of thioether (sulfide) groups is 1. The molecule has 0 aromatic carbocycles. The van der Waals surface area contributed by atoms with Crippen molar-refractivity contribution in [2.75, 3.05) is 24.7 Å². The Morgan fingerprint density at radius 1 is 1.64 bits per heavy atom. The normalized spacial score (nSPS) is 27.5. The van der Waals surface area contributed by atoms with E-state index in [2.05, 4.69) is 18.8 Å². The van der Waals surface area contributed by atoms with Gasteiger partial charge in [0.1, 0.15) is 0 Å². The smallest absolute Gasteiger partial charge is 0.0561 e. The summed E-state index contributed by atoms with van der Waals surface area (Å²) in [6.45, 7) is 7.88. The van der Waals surface area contributed by atoms with Gasteiger partial charge in [-0.1, -0.05) is 6.08 Å². The van der Waals surface area contributed by atoms with Crippen LogP contribution in [0.25, 0.3) is 0 Å². The van der Waals surface area contributed by atoms with E-state index in [0.717, 1.165) is 31.7 Å². The first-order valence-electron chi connectivity index (χ1n) is 5.36. The molecule has 1 fully saturated rings. The standard InChI is InChI=1S/C11H21NOS/c1-3-7-14-8-5-12-11-4-6-13-10(2)9-11/h3,10-12H,1,4-9H2,2H3. The summed E-state index contributed by atoms with van der Waals surface area (Å²) in [7, 11) is 0. The Balaban J connectivity index is 1.97. The lowest BCUT2D eigenvalue weighted by atomic mass is 10.0. The fourth-order valence-electron chi connectivity index (χ4n) is 1.69. The molecule has 0 aliphatic carbocycles. The third kappa shape index (κ3) is 5.03. The molecule has 1 rings (SSSR count). The van der Waals surface area contributed by atoms with Crippen molar-refractivity contribution >= 4 is 11.8 Å². The Kier molecular flexibility index (Phi) is 6.32. The summed E-state index contributed by atoms with van der Waals surface area (Å²) in [5.41, 5.74) is 0. The summed E-state index contributed by atoms with van der Waals surface area (Å²) in [6.07, 6.45) is 4.71. The van der Waals surface area contributed by atoms with E-state index < -0.39 is 0 Å². The molecule has 0 radical (unpaired) electrons. The molecule has 1 saturated heterocycles.